The molecule has 0 aliphatic carbocycles. The molecule has 4 rings (SSSR count). The first-order chi connectivity index (χ1) is 16.8. The Balaban J connectivity index is 1.85. The average molecular weight is 500 g/mol. The number of ether oxygens (including phenoxy) is 2. The van der Waals surface area contributed by atoms with Crippen LogP contribution in [0.5, 0.6) is 11.5 Å². The molecule has 2 heterocycles. The number of benzene rings is 2. The number of halogens is 1. The van der Waals surface area contributed by atoms with E-state index >= 15 is 0 Å². The second kappa shape index (κ2) is 10.3. The Kier molecular flexibility index (Phi) is 7.38. The molecule has 35 heavy (non-hydrogen) atoms. The molecule has 0 bridgehead atoms. The Morgan fingerprint density at radius 2 is 1.91 bits per heavy atom. The molecule has 1 aliphatic heterocycles. The van der Waals surface area contributed by atoms with Crippen molar-refractivity contribution in [2.24, 2.45) is 5.92 Å². The Labute approximate surface area is 209 Å². The van der Waals surface area contributed by atoms with Gasteiger partial charge in [-0.05, 0) is 61.6 Å². The number of β-amino-alcohol motifs (C(OH)–C–C–N with tert-alkyl or cyclic N) is 1. The normalized spacial score (nSPS) is 15.2. The SMILES string of the molecule is CCOc1cc(C2c3c(oc4cc(C)c(Cl)cc4c3=O)C(=O)N2CCO)ccc1OCCC(C)C. The molecule has 1 atom stereocenters. The van der Waals surface area contributed by atoms with Gasteiger partial charge in [0.15, 0.2) is 16.9 Å². The molecule has 0 radical (unpaired) electrons. The van der Waals surface area contributed by atoms with E-state index in [-0.39, 0.29) is 29.9 Å². The summed E-state index contributed by atoms with van der Waals surface area (Å²) in [5.41, 5.74) is 1.61. The molecule has 1 amide bonds. The molecule has 1 aliphatic rings. The lowest BCUT2D eigenvalue weighted by Gasteiger charge is -2.25. The number of carbonyl (C=O) groups excluding carboxylic acids is 1. The third-order valence-electron chi connectivity index (χ3n) is 6.12. The van der Waals surface area contributed by atoms with E-state index in [1.165, 1.54) is 4.90 Å². The molecular weight excluding hydrogens is 470 g/mol. The van der Waals surface area contributed by atoms with Crippen LogP contribution in [0.4, 0.5) is 0 Å². The summed E-state index contributed by atoms with van der Waals surface area (Å²) in [5.74, 6) is 1.17. The fraction of sp³-hybridized carbons (Fsp3) is 0.407. The maximum Gasteiger partial charge on any atom is 0.290 e. The van der Waals surface area contributed by atoms with Crippen molar-refractivity contribution >= 4 is 28.5 Å². The highest BCUT2D eigenvalue weighted by molar-refractivity contribution is 6.32. The highest BCUT2D eigenvalue weighted by Crippen LogP contribution is 2.41. The van der Waals surface area contributed by atoms with E-state index in [2.05, 4.69) is 13.8 Å². The minimum atomic E-state index is -0.741. The number of nitrogens with zero attached hydrogens (tertiary/aromatic N) is 1. The van der Waals surface area contributed by atoms with E-state index in [0.717, 1.165) is 12.0 Å². The van der Waals surface area contributed by atoms with E-state index in [0.29, 0.717) is 52.2 Å². The zero-order valence-electron chi connectivity index (χ0n) is 20.4. The number of carbonyl (C=O) groups is 1. The van der Waals surface area contributed by atoms with Gasteiger partial charge in [0.25, 0.3) is 5.91 Å². The van der Waals surface area contributed by atoms with Crippen molar-refractivity contribution < 1.29 is 23.8 Å². The second-order valence-electron chi connectivity index (χ2n) is 9.07. The summed E-state index contributed by atoms with van der Waals surface area (Å²) in [6.07, 6.45) is 0.901. The van der Waals surface area contributed by atoms with Crippen LogP contribution in [0.2, 0.25) is 5.02 Å². The van der Waals surface area contributed by atoms with Crippen LogP contribution in [0.1, 0.15) is 60.5 Å². The van der Waals surface area contributed by atoms with Crippen molar-refractivity contribution in [1.82, 2.24) is 4.90 Å². The number of aliphatic hydroxyl groups is 1. The Morgan fingerprint density at radius 3 is 2.60 bits per heavy atom. The zero-order valence-corrected chi connectivity index (χ0v) is 21.1. The van der Waals surface area contributed by atoms with Crippen LogP contribution in [0, 0.1) is 12.8 Å². The number of hydrogen-bond donors (Lipinski definition) is 1. The summed E-state index contributed by atoms with van der Waals surface area (Å²) in [5, 5.41) is 10.4. The van der Waals surface area contributed by atoms with Crippen molar-refractivity contribution in [3.63, 3.8) is 0 Å². The van der Waals surface area contributed by atoms with Crippen LogP contribution >= 0.6 is 11.6 Å². The predicted octanol–water partition coefficient (Wildman–Crippen LogP) is 5.12. The minimum Gasteiger partial charge on any atom is -0.490 e. The first kappa shape index (κ1) is 25.1. The van der Waals surface area contributed by atoms with Crippen molar-refractivity contribution in [2.75, 3.05) is 26.4 Å². The summed E-state index contributed by atoms with van der Waals surface area (Å²) in [7, 11) is 0. The molecule has 0 spiro atoms. The fourth-order valence-electron chi connectivity index (χ4n) is 4.31. The molecule has 3 aromatic rings. The molecule has 1 N–H and O–H groups in total. The molecule has 2 aromatic carbocycles. The number of rotatable bonds is 9. The predicted molar refractivity (Wildman–Crippen MR) is 135 cm³/mol. The fourth-order valence-corrected chi connectivity index (χ4v) is 4.48. The van der Waals surface area contributed by atoms with Crippen molar-refractivity contribution in [3.8, 4) is 11.5 Å². The van der Waals surface area contributed by atoms with Crippen LogP contribution in [0.3, 0.4) is 0 Å². The summed E-state index contributed by atoms with van der Waals surface area (Å²) >= 11 is 6.28. The van der Waals surface area contributed by atoms with Gasteiger partial charge in [0.1, 0.15) is 5.58 Å². The van der Waals surface area contributed by atoms with Gasteiger partial charge in [0.05, 0.1) is 36.8 Å². The van der Waals surface area contributed by atoms with E-state index in [1.54, 1.807) is 31.2 Å². The van der Waals surface area contributed by atoms with Gasteiger partial charge in [-0.3, -0.25) is 9.59 Å². The summed E-state index contributed by atoms with van der Waals surface area (Å²) in [4.78, 5) is 28.4. The first-order valence-corrected chi connectivity index (χ1v) is 12.2. The third-order valence-corrected chi connectivity index (χ3v) is 6.53. The number of aliphatic hydroxyl groups excluding tert-OH is 1. The lowest BCUT2D eigenvalue weighted by Crippen LogP contribution is -2.32. The van der Waals surface area contributed by atoms with Gasteiger partial charge in [0.2, 0.25) is 5.76 Å². The van der Waals surface area contributed by atoms with Gasteiger partial charge in [-0.1, -0.05) is 31.5 Å². The average Bonchev–Trinajstić information content (AvgIpc) is 3.08. The Hall–Kier alpha value is -3.03. The molecule has 1 unspecified atom stereocenters. The Bertz CT molecular complexity index is 1320. The van der Waals surface area contributed by atoms with Crippen molar-refractivity contribution in [1.29, 1.82) is 0 Å². The van der Waals surface area contributed by atoms with E-state index < -0.39 is 11.9 Å². The van der Waals surface area contributed by atoms with Gasteiger partial charge in [-0.25, -0.2) is 0 Å². The minimum absolute atomic E-state index is 0.0158. The second-order valence-corrected chi connectivity index (χ2v) is 9.47. The molecule has 0 fully saturated rings. The monoisotopic (exact) mass is 499 g/mol. The Morgan fingerprint density at radius 1 is 1.14 bits per heavy atom. The molecule has 1 aromatic heterocycles. The van der Waals surface area contributed by atoms with Gasteiger partial charge < -0.3 is 23.9 Å². The third kappa shape index (κ3) is 4.75. The maximum atomic E-state index is 13.6. The zero-order chi connectivity index (χ0) is 25.3. The van der Waals surface area contributed by atoms with E-state index in [1.807, 2.05) is 13.0 Å². The highest BCUT2D eigenvalue weighted by atomic mass is 35.5. The topological polar surface area (TPSA) is 89.2 Å². The van der Waals surface area contributed by atoms with Crippen LogP contribution in [-0.2, 0) is 0 Å². The van der Waals surface area contributed by atoms with Crippen LogP contribution in [0.15, 0.2) is 39.5 Å². The quantitative estimate of drug-likeness (QED) is 0.439. The lowest BCUT2D eigenvalue weighted by atomic mass is 9.97. The highest BCUT2D eigenvalue weighted by Gasteiger charge is 2.42. The lowest BCUT2D eigenvalue weighted by molar-refractivity contribution is 0.0691. The van der Waals surface area contributed by atoms with Crippen LogP contribution < -0.4 is 14.9 Å². The van der Waals surface area contributed by atoms with Gasteiger partial charge in [-0.2, -0.15) is 0 Å². The van der Waals surface area contributed by atoms with Crippen LogP contribution in [0.25, 0.3) is 11.0 Å². The summed E-state index contributed by atoms with van der Waals surface area (Å²) < 4.78 is 17.7. The number of fused-ring (bicyclic) bond motifs is 2. The molecule has 186 valence electrons. The van der Waals surface area contributed by atoms with E-state index in [9.17, 15) is 14.7 Å². The molecule has 8 heteroatoms. The molecule has 7 nitrogen and oxygen atoms in total. The van der Waals surface area contributed by atoms with Gasteiger partial charge in [0, 0.05) is 11.6 Å². The number of amides is 1. The van der Waals surface area contributed by atoms with Crippen LogP contribution in [-0.4, -0.2) is 42.3 Å². The molecule has 0 saturated carbocycles. The van der Waals surface area contributed by atoms with Gasteiger partial charge in [-0.15, -0.1) is 0 Å². The van der Waals surface area contributed by atoms with Crippen molar-refractivity contribution in [2.45, 2.75) is 40.2 Å². The summed E-state index contributed by atoms with van der Waals surface area (Å²) in [6.45, 7) is 8.70. The number of hydrogen-bond acceptors (Lipinski definition) is 6. The standard InChI is InChI=1S/C27H30ClNO6/c1-5-33-22-13-17(6-7-20(22)34-11-8-15(2)3)24-23-25(31)18-14-19(28)16(4)12-21(18)35-26(23)27(32)29(24)9-10-30/h6-7,12-15,24,30H,5,8-11H2,1-4H3. The van der Waals surface area contributed by atoms with Crippen molar-refractivity contribution in [3.05, 3.63) is 68.0 Å². The molecule has 0 saturated heterocycles. The number of aryl methyl sites for hydroxylation is 1. The smallest absolute Gasteiger partial charge is 0.290 e. The maximum absolute atomic E-state index is 13.6. The van der Waals surface area contributed by atoms with E-state index in [4.69, 9.17) is 25.5 Å². The largest absolute Gasteiger partial charge is 0.490 e. The van der Waals surface area contributed by atoms with Gasteiger partial charge >= 0.3 is 0 Å². The molecular formula is C27H30ClNO6. The summed E-state index contributed by atoms with van der Waals surface area (Å²) in [6, 6.07) is 7.89. The first-order valence-electron chi connectivity index (χ1n) is 11.8.